The topological polar surface area (TPSA) is 85.9 Å². The molecule has 7 heteroatoms. The normalized spacial score (nSPS) is 17.2. The molecule has 0 saturated heterocycles. The molecular weight excluding hydrogens is 312 g/mol. The van der Waals surface area contributed by atoms with Crippen LogP contribution in [-0.2, 0) is 9.53 Å². The molecule has 0 bridgehead atoms. The van der Waals surface area contributed by atoms with Gasteiger partial charge in [-0.1, -0.05) is 12.1 Å². The second kappa shape index (κ2) is 7.25. The van der Waals surface area contributed by atoms with Crippen LogP contribution in [-0.4, -0.2) is 32.3 Å². The van der Waals surface area contributed by atoms with Gasteiger partial charge in [-0.15, -0.1) is 0 Å². The summed E-state index contributed by atoms with van der Waals surface area (Å²) in [6.45, 7) is 5.20. The van der Waals surface area contributed by atoms with Gasteiger partial charge in [-0.3, -0.25) is 0 Å². The van der Waals surface area contributed by atoms with E-state index in [1.165, 1.54) is 14.2 Å². The summed E-state index contributed by atoms with van der Waals surface area (Å²) in [5, 5.41) is 5.36. The van der Waals surface area contributed by atoms with E-state index in [0.717, 1.165) is 0 Å². The predicted octanol–water partition coefficient (Wildman–Crippen LogP) is 2.28. The van der Waals surface area contributed by atoms with Crippen molar-refractivity contribution >= 4 is 12.0 Å². The number of carbonyl (C=O) groups excluding carboxylic acids is 2. The van der Waals surface area contributed by atoms with Crippen molar-refractivity contribution in [3.63, 3.8) is 0 Å². The Morgan fingerprint density at radius 3 is 2.50 bits per heavy atom. The van der Waals surface area contributed by atoms with Gasteiger partial charge < -0.3 is 24.8 Å². The molecule has 0 aromatic heterocycles. The van der Waals surface area contributed by atoms with Gasteiger partial charge in [0.2, 0.25) is 0 Å². The number of allylic oxidation sites excluding steroid dienone is 1. The number of hydrogen-bond donors (Lipinski definition) is 2. The lowest BCUT2D eigenvalue weighted by molar-refractivity contribution is -0.143. The molecular formula is C17H22N2O5. The van der Waals surface area contributed by atoms with Crippen molar-refractivity contribution in [3.05, 3.63) is 35.0 Å². The number of carbonyl (C=O) groups is 2. The van der Waals surface area contributed by atoms with Crippen LogP contribution in [0.3, 0.4) is 0 Å². The first-order valence-corrected chi connectivity index (χ1v) is 7.59. The number of ether oxygens (including phenoxy) is 3. The van der Waals surface area contributed by atoms with Crippen molar-refractivity contribution in [2.75, 3.05) is 14.2 Å². The van der Waals surface area contributed by atoms with E-state index in [-0.39, 0.29) is 6.10 Å². The predicted molar refractivity (Wildman–Crippen MR) is 87.9 cm³/mol. The first kappa shape index (κ1) is 17.7. The molecule has 2 N–H and O–H groups in total. The first-order chi connectivity index (χ1) is 11.4. The summed E-state index contributed by atoms with van der Waals surface area (Å²) >= 11 is 0. The van der Waals surface area contributed by atoms with Crippen LogP contribution < -0.4 is 20.1 Å². The lowest BCUT2D eigenvalue weighted by Crippen LogP contribution is -2.45. The Morgan fingerprint density at radius 2 is 1.92 bits per heavy atom. The zero-order valence-electron chi connectivity index (χ0n) is 14.4. The minimum Gasteiger partial charge on any atom is -0.493 e. The van der Waals surface area contributed by atoms with E-state index in [4.69, 9.17) is 14.2 Å². The first-order valence-electron chi connectivity index (χ1n) is 7.59. The number of amides is 2. The number of nitrogens with one attached hydrogen (secondary N) is 2. The molecule has 1 aliphatic rings. The molecule has 1 aliphatic heterocycles. The molecule has 0 aliphatic carbocycles. The highest BCUT2D eigenvalue weighted by Crippen LogP contribution is 2.39. The van der Waals surface area contributed by atoms with E-state index in [0.29, 0.717) is 28.3 Å². The maximum atomic E-state index is 12.5. The second-order valence-electron chi connectivity index (χ2n) is 5.61. The van der Waals surface area contributed by atoms with Crippen molar-refractivity contribution in [1.29, 1.82) is 0 Å². The van der Waals surface area contributed by atoms with Crippen LogP contribution in [0.4, 0.5) is 4.79 Å². The Hall–Kier alpha value is -2.70. The summed E-state index contributed by atoms with van der Waals surface area (Å²) in [7, 11) is 3.03. The van der Waals surface area contributed by atoms with E-state index in [1.54, 1.807) is 39.0 Å². The molecule has 0 unspecified atom stereocenters. The lowest BCUT2D eigenvalue weighted by Gasteiger charge is -2.29. The fourth-order valence-electron chi connectivity index (χ4n) is 2.61. The zero-order valence-corrected chi connectivity index (χ0v) is 14.4. The van der Waals surface area contributed by atoms with E-state index in [2.05, 4.69) is 10.6 Å². The van der Waals surface area contributed by atoms with Gasteiger partial charge in [-0.2, -0.15) is 0 Å². The van der Waals surface area contributed by atoms with E-state index in [1.807, 2.05) is 0 Å². The Labute approximate surface area is 141 Å². The highest BCUT2D eigenvalue weighted by Gasteiger charge is 2.34. The molecule has 2 amide bonds. The summed E-state index contributed by atoms with van der Waals surface area (Å²) < 4.78 is 16.0. The monoisotopic (exact) mass is 334 g/mol. The third-order valence-corrected chi connectivity index (χ3v) is 3.58. The maximum absolute atomic E-state index is 12.5. The van der Waals surface area contributed by atoms with Crippen LogP contribution in [0.15, 0.2) is 29.5 Å². The summed E-state index contributed by atoms with van der Waals surface area (Å²) in [4.78, 5) is 24.4. The molecule has 0 radical (unpaired) electrons. The highest BCUT2D eigenvalue weighted by molar-refractivity contribution is 5.95. The molecule has 2 rings (SSSR count). The summed E-state index contributed by atoms with van der Waals surface area (Å²) in [6.07, 6.45) is -0.275. The standard InChI is InChI=1S/C17H22N2O5/c1-9(2)24-16(20)13-10(3)18-17(21)19-14(13)11-7-6-8-12(22-4)15(11)23-5/h6-9,14H,1-5H3,(H2,18,19,21)/t14-/m0/s1. The van der Waals surface area contributed by atoms with Crippen LogP contribution in [0.5, 0.6) is 11.5 Å². The fourth-order valence-corrected chi connectivity index (χ4v) is 2.61. The van der Waals surface area contributed by atoms with Crippen LogP contribution in [0.25, 0.3) is 0 Å². The van der Waals surface area contributed by atoms with Gasteiger partial charge in [0.15, 0.2) is 11.5 Å². The van der Waals surface area contributed by atoms with Crippen molar-refractivity contribution in [1.82, 2.24) is 10.6 Å². The number of urea groups is 1. The summed E-state index contributed by atoms with van der Waals surface area (Å²) in [5.74, 6) is 0.469. The minimum atomic E-state index is -0.699. The molecule has 7 nitrogen and oxygen atoms in total. The summed E-state index contributed by atoms with van der Waals surface area (Å²) in [5.41, 5.74) is 1.39. The Morgan fingerprint density at radius 1 is 1.21 bits per heavy atom. The van der Waals surface area contributed by atoms with Crippen molar-refractivity contribution in [2.45, 2.75) is 32.9 Å². The molecule has 1 atom stereocenters. The second-order valence-corrected chi connectivity index (χ2v) is 5.61. The minimum absolute atomic E-state index is 0.275. The quantitative estimate of drug-likeness (QED) is 0.807. The third kappa shape index (κ3) is 3.45. The molecule has 130 valence electrons. The van der Waals surface area contributed by atoms with Gasteiger partial charge in [-0.25, -0.2) is 9.59 Å². The van der Waals surface area contributed by atoms with Crippen molar-refractivity contribution in [2.24, 2.45) is 0 Å². The summed E-state index contributed by atoms with van der Waals surface area (Å²) in [6, 6.07) is 4.19. The van der Waals surface area contributed by atoms with Gasteiger partial charge in [0.05, 0.1) is 31.9 Å². The lowest BCUT2D eigenvalue weighted by atomic mass is 9.94. The van der Waals surface area contributed by atoms with Crippen molar-refractivity contribution < 1.29 is 23.8 Å². The average molecular weight is 334 g/mol. The van der Waals surface area contributed by atoms with Gasteiger partial charge in [0, 0.05) is 11.3 Å². The van der Waals surface area contributed by atoms with Crippen LogP contribution in [0, 0.1) is 0 Å². The van der Waals surface area contributed by atoms with Gasteiger partial charge in [0.25, 0.3) is 0 Å². The van der Waals surface area contributed by atoms with Gasteiger partial charge in [0.1, 0.15) is 0 Å². The zero-order chi connectivity index (χ0) is 17.9. The van der Waals surface area contributed by atoms with Crippen molar-refractivity contribution in [3.8, 4) is 11.5 Å². The number of para-hydroxylation sites is 1. The fraction of sp³-hybridized carbons (Fsp3) is 0.412. The van der Waals surface area contributed by atoms with Crippen LogP contribution in [0.1, 0.15) is 32.4 Å². The highest BCUT2D eigenvalue weighted by atomic mass is 16.5. The number of hydrogen-bond acceptors (Lipinski definition) is 5. The van der Waals surface area contributed by atoms with Gasteiger partial charge >= 0.3 is 12.0 Å². The number of benzene rings is 1. The smallest absolute Gasteiger partial charge is 0.338 e. The largest absolute Gasteiger partial charge is 0.493 e. The van der Waals surface area contributed by atoms with E-state index >= 15 is 0 Å². The van der Waals surface area contributed by atoms with E-state index < -0.39 is 18.0 Å². The Bertz CT molecular complexity index is 682. The van der Waals surface area contributed by atoms with Crippen LogP contribution >= 0.6 is 0 Å². The maximum Gasteiger partial charge on any atom is 0.338 e. The Balaban J connectivity index is 2.55. The molecule has 1 aromatic carbocycles. The van der Waals surface area contributed by atoms with Crippen LogP contribution in [0.2, 0.25) is 0 Å². The number of methoxy groups -OCH3 is 2. The number of rotatable bonds is 5. The molecule has 1 aromatic rings. The molecule has 0 saturated carbocycles. The van der Waals surface area contributed by atoms with Gasteiger partial charge in [-0.05, 0) is 26.8 Å². The molecule has 0 fully saturated rings. The Kier molecular flexibility index (Phi) is 5.33. The number of esters is 1. The molecule has 1 heterocycles. The SMILES string of the molecule is COc1cccc([C@@H]2NC(=O)NC(C)=C2C(=O)OC(C)C)c1OC. The van der Waals surface area contributed by atoms with E-state index in [9.17, 15) is 9.59 Å². The average Bonchev–Trinajstić information content (AvgIpc) is 2.52. The molecule has 24 heavy (non-hydrogen) atoms. The molecule has 0 spiro atoms. The third-order valence-electron chi connectivity index (χ3n) is 3.58.